The molecule has 0 amide bonds. The lowest BCUT2D eigenvalue weighted by molar-refractivity contribution is 0.0286. The summed E-state index contributed by atoms with van der Waals surface area (Å²) in [5.74, 6) is 0. The highest BCUT2D eigenvalue weighted by molar-refractivity contribution is 4.93. The Morgan fingerprint density at radius 1 is 1.11 bits per heavy atom. The third-order valence-corrected chi connectivity index (χ3v) is 4.95. The van der Waals surface area contributed by atoms with Crippen LogP contribution in [-0.4, -0.2) is 54.1 Å². The molecule has 2 fully saturated rings. The molecule has 2 N–H and O–H groups in total. The minimum Gasteiger partial charge on any atom is -0.328 e. The normalized spacial score (nSPS) is 33.0. The van der Waals surface area contributed by atoms with Crippen LogP contribution in [0, 0.1) is 0 Å². The van der Waals surface area contributed by atoms with Crippen molar-refractivity contribution >= 4 is 0 Å². The van der Waals surface area contributed by atoms with Crippen molar-refractivity contribution in [3.8, 4) is 0 Å². The Hall–Kier alpha value is -0.120. The summed E-state index contributed by atoms with van der Waals surface area (Å²) < 4.78 is 0. The molecule has 106 valence electrons. The smallest absolute Gasteiger partial charge is 0.0113 e. The molecule has 0 aromatic carbocycles. The van der Waals surface area contributed by atoms with E-state index in [9.17, 15) is 0 Å². The Labute approximate surface area is 113 Å². The first kappa shape index (κ1) is 14.3. The fraction of sp³-hybridized carbons (Fsp3) is 1.00. The van der Waals surface area contributed by atoms with Crippen LogP contribution in [0.25, 0.3) is 0 Å². The Morgan fingerprint density at radius 2 is 1.72 bits per heavy atom. The molecule has 3 heteroatoms. The lowest BCUT2D eigenvalue weighted by atomic mass is 9.82. The molecule has 2 atom stereocenters. The first-order valence-electron chi connectivity index (χ1n) is 7.98. The van der Waals surface area contributed by atoms with Crippen LogP contribution in [0.2, 0.25) is 0 Å². The van der Waals surface area contributed by atoms with Crippen LogP contribution in [0.1, 0.15) is 52.4 Å². The van der Waals surface area contributed by atoms with Gasteiger partial charge in [0.05, 0.1) is 0 Å². The lowest BCUT2D eigenvalue weighted by Crippen LogP contribution is -2.55. The monoisotopic (exact) mass is 253 g/mol. The van der Waals surface area contributed by atoms with Crippen molar-refractivity contribution < 1.29 is 0 Å². The molecule has 0 radical (unpaired) electrons. The minimum absolute atomic E-state index is 0.472. The van der Waals surface area contributed by atoms with Crippen molar-refractivity contribution in [2.45, 2.75) is 70.5 Å². The van der Waals surface area contributed by atoms with Crippen LogP contribution in [-0.2, 0) is 0 Å². The molecular weight excluding hydrogens is 222 g/mol. The van der Waals surface area contributed by atoms with E-state index in [0.717, 1.165) is 12.1 Å². The molecule has 2 aliphatic rings. The summed E-state index contributed by atoms with van der Waals surface area (Å²) in [6, 6.07) is 2.06. The Kier molecular flexibility index (Phi) is 5.46. The average Bonchev–Trinajstić information content (AvgIpc) is 2.35. The average molecular weight is 253 g/mol. The molecule has 3 nitrogen and oxygen atoms in total. The van der Waals surface area contributed by atoms with Gasteiger partial charge in [-0.05, 0) is 58.3 Å². The summed E-state index contributed by atoms with van der Waals surface area (Å²) in [6.45, 7) is 9.45. The van der Waals surface area contributed by atoms with Gasteiger partial charge >= 0.3 is 0 Å². The van der Waals surface area contributed by atoms with E-state index in [1.165, 1.54) is 64.7 Å². The summed E-state index contributed by atoms with van der Waals surface area (Å²) in [7, 11) is 0. The molecule has 2 rings (SSSR count). The quantitative estimate of drug-likeness (QED) is 0.786. The third kappa shape index (κ3) is 3.46. The maximum absolute atomic E-state index is 6.17. The number of rotatable bonds is 6. The van der Waals surface area contributed by atoms with Gasteiger partial charge in [0.1, 0.15) is 0 Å². The predicted molar refractivity (Wildman–Crippen MR) is 77.7 cm³/mol. The van der Waals surface area contributed by atoms with Crippen molar-refractivity contribution in [1.29, 1.82) is 0 Å². The lowest BCUT2D eigenvalue weighted by Gasteiger charge is -2.48. The van der Waals surface area contributed by atoms with E-state index in [4.69, 9.17) is 5.73 Å². The first-order chi connectivity index (χ1) is 8.74. The van der Waals surface area contributed by atoms with Gasteiger partial charge in [0.2, 0.25) is 0 Å². The molecule has 2 saturated heterocycles. The molecule has 18 heavy (non-hydrogen) atoms. The van der Waals surface area contributed by atoms with Gasteiger partial charge in [-0.2, -0.15) is 0 Å². The zero-order valence-electron chi connectivity index (χ0n) is 12.3. The van der Waals surface area contributed by atoms with E-state index < -0.39 is 0 Å². The van der Waals surface area contributed by atoms with E-state index in [1.54, 1.807) is 0 Å². The van der Waals surface area contributed by atoms with Gasteiger partial charge in [-0.3, -0.25) is 4.90 Å². The maximum Gasteiger partial charge on any atom is 0.0113 e. The Bertz CT molecular complexity index is 226. The number of nitrogens with two attached hydrogens (primary N) is 1. The van der Waals surface area contributed by atoms with Crippen molar-refractivity contribution in [1.82, 2.24) is 9.80 Å². The second-order valence-corrected chi connectivity index (χ2v) is 6.09. The molecule has 2 bridgehead atoms. The van der Waals surface area contributed by atoms with Gasteiger partial charge in [-0.25, -0.2) is 0 Å². The van der Waals surface area contributed by atoms with E-state index in [-0.39, 0.29) is 0 Å². The zero-order valence-corrected chi connectivity index (χ0v) is 12.3. The Morgan fingerprint density at radius 3 is 2.28 bits per heavy atom. The number of hydrogen-bond donors (Lipinski definition) is 1. The molecular formula is C15H31N3. The van der Waals surface area contributed by atoms with Crippen LogP contribution in [0.15, 0.2) is 0 Å². The van der Waals surface area contributed by atoms with Gasteiger partial charge in [0.25, 0.3) is 0 Å². The third-order valence-electron chi connectivity index (χ3n) is 4.95. The number of nitrogens with zero attached hydrogens (tertiary/aromatic N) is 2. The summed E-state index contributed by atoms with van der Waals surface area (Å²) in [6.07, 6.45) is 7.99. The summed E-state index contributed by atoms with van der Waals surface area (Å²) >= 11 is 0. The van der Waals surface area contributed by atoms with Crippen LogP contribution >= 0.6 is 0 Å². The molecule has 2 heterocycles. The molecule has 0 aromatic rings. The largest absolute Gasteiger partial charge is 0.328 e. The van der Waals surface area contributed by atoms with Crippen molar-refractivity contribution in [2.24, 2.45) is 5.73 Å². The maximum atomic E-state index is 6.17. The van der Waals surface area contributed by atoms with E-state index in [2.05, 4.69) is 23.6 Å². The van der Waals surface area contributed by atoms with Gasteiger partial charge < -0.3 is 10.6 Å². The first-order valence-corrected chi connectivity index (χ1v) is 7.98. The summed E-state index contributed by atoms with van der Waals surface area (Å²) in [5, 5.41) is 0. The minimum atomic E-state index is 0.472. The van der Waals surface area contributed by atoms with Gasteiger partial charge in [-0.15, -0.1) is 0 Å². The zero-order chi connectivity index (χ0) is 13.0. The van der Waals surface area contributed by atoms with Gasteiger partial charge in [0.15, 0.2) is 0 Å². The predicted octanol–water partition coefficient (Wildman–Crippen LogP) is 2.06. The summed E-state index contributed by atoms with van der Waals surface area (Å²) in [5.41, 5.74) is 6.17. The fourth-order valence-electron chi connectivity index (χ4n) is 3.90. The standard InChI is InChI=1S/C15H31N3/c1-3-17(4-2)9-6-10-18-14-7-5-8-15(18)12-13(16)11-14/h13-15H,3-12,16H2,1-2H3. The highest BCUT2D eigenvalue weighted by Crippen LogP contribution is 2.33. The molecule has 2 aliphatic heterocycles. The van der Waals surface area contributed by atoms with Crippen molar-refractivity contribution in [3.05, 3.63) is 0 Å². The van der Waals surface area contributed by atoms with Gasteiger partial charge in [-0.1, -0.05) is 20.3 Å². The van der Waals surface area contributed by atoms with Crippen LogP contribution in [0.5, 0.6) is 0 Å². The topological polar surface area (TPSA) is 32.5 Å². The van der Waals surface area contributed by atoms with Crippen LogP contribution < -0.4 is 5.73 Å². The summed E-state index contributed by atoms with van der Waals surface area (Å²) in [4.78, 5) is 5.32. The fourth-order valence-corrected chi connectivity index (χ4v) is 3.90. The second kappa shape index (κ2) is 6.88. The highest BCUT2D eigenvalue weighted by atomic mass is 15.2. The SMILES string of the molecule is CCN(CC)CCCN1C2CCCC1CC(N)C2. The van der Waals surface area contributed by atoms with Gasteiger partial charge in [0, 0.05) is 18.1 Å². The van der Waals surface area contributed by atoms with Crippen LogP contribution in [0.3, 0.4) is 0 Å². The Balaban J connectivity index is 1.78. The molecule has 0 aliphatic carbocycles. The van der Waals surface area contributed by atoms with E-state index in [1.807, 2.05) is 0 Å². The van der Waals surface area contributed by atoms with E-state index >= 15 is 0 Å². The number of piperidine rings is 2. The van der Waals surface area contributed by atoms with Crippen molar-refractivity contribution in [2.75, 3.05) is 26.2 Å². The number of hydrogen-bond acceptors (Lipinski definition) is 3. The van der Waals surface area contributed by atoms with Crippen LogP contribution in [0.4, 0.5) is 0 Å². The molecule has 0 aromatic heterocycles. The second-order valence-electron chi connectivity index (χ2n) is 6.09. The van der Waals surface area contributed by atoms with E-state index in [0.29, 0.717) is 6.04 Å². The molecule has 0 spiro atoms. The number of fused-ring (bicyclic) bond motifs is 2. The van der Waals surface area contributed by atoms with Crippen molar-refractivity contribution in [3.63, 3.8) is 0 Å². The molecule has 2 unspecified atom stereocenters. The molecule has 0 saturated carbocycles. The highest BCUT2D eigenvalue weighted by Gasteiger charge is 2.36.